The molecule has 3 nitrogen and oxygen atoms in total. The number of rotatable bonds is 3. The van der Waals surface area contributed by atoms with Crippen LogP contribution >= 0.6 is 11.3 Å². The number of hydrogen-bond donors (Lipinski definition) is 1. The van der Waals surface area contributed by atoms with E-state index in [0.717, 1.165) is 10.6 Å². The zero-order chi connectivity index (χ0) is 14.4. The molecule has 1 aromatic carbocycles. The third-order valence-corrected chi connectivity index (χ3v) is 3.75. The molecule has 0 saturated heterocycles. The molecule has 0 aliphatic rings. The second-order valence-corrected chi connectivity index (χ2v) is 5.14. The lowest BCUT2D eigenvalue weighted by Crippen LogP contribution is -2.29. The van der Waals surface area contributed by atoms with E-state index in [4.69, 9.17) is 5.73 Å². The Labute approximate surface area is 123 Å². The molecule has 0 atom stereocenters. The van der Waals surface area contributed by atoms with E-state index in [1.807, 2.05) is 49.4 Å². The third-order valence-electron chi connectivity index (χ3n) is 2.76. The molecule has 102 valence electrons. The van der Waals surface area contributed by atoms with Crippen molar-refractivity contribution in [3.05, 3.63) is 52.2 Å². The van der Waals surface area contributed by atoms with E-state index in [-0.39, 0.29) is 5.91 Å². The number of amides is 1. The molecule has 0 spiro atoms. The molecular weight excluding hydrogens is 268 g/mol. The highest BCUT2D eigenvalue weighted by atomic mass is 32.1. The van der Waals surface area contributed by atoms with E-state index in [0.29, 0.717) is 18.0 Å². The van der Waals surface area contributed by atoms with E-state index < -0.39 is 0 Å². The van der Waals surface area contributed by atoms with Gasteiger partial charge in [-0.3, -0.25) is 4.79 Å². The van der Waals surface area contributed by atoms with Crippen LogP contribution in [-0.2, 0) is 0 Å². The summed E-state index contributed by atoms with van der Waals surface area (Å²) >= 11 is 1.40. The molecular formula is C16H16N2OS. The van der Waals surface area contributed by atoms with Crippen molar-refractivity contribution in [2.75, 3.05) is 18.0 Å². The van der Waals surface area contributed by atoms with E-state index in [1.165, 1.54) is 11.3 Å². The monoisotopic (exact) mass is 284 g/mol. The standard InChI is InChI=1S/C16H16N2OS/c1-2-18(13-7-4-3-5-8-13)16(19)15-11-10-14(20-15)9-6-12-17/h3-5,7-8,10-11H,2,12,17H2,1H3. The smallest absolute Gasteiger partial charge is 0.268 e. The average molecular weight is 284 g/mol. The van der Waals surface area contributed by atoms with E-state index in [1.54, 1.807) is 4.90 Å². The van der Waals surface area contributed by atoms with Crippen LogP contribution in [0.5, 0.6) is 0 Å². The number of carbonyl (C=O) groups excluding carboxylic acids is 1. The van der Waals surface area contributed by atoms with Gasteiger partial charge in [0.2, 0.25) is 0 Å². The number of anilines is 1. The van der Waals surface area contributed by atoms with Crippen LogP contribution in [0.2, 0.25) is 0 Å². The zero-order valence-corrected chi connectivity index (χ0v) is 12.1. The van der Waals surface area contributed by atoms with E-state index in [2.05, 4.69) is 11.8 Å². The van der Waals surface area contributed by atoms with Crippen LogP contribution < -0.4 is 10.6 Å². The maximum Gasteiger partial charge on any atom is 0.268 e. The van der Waals surface area contributed by atoms with Crippen LogP contribution in [0.4, 0.5) is 5.69 Å². The van der Waals surface area contributed by atoms with Crippen molar-refractivity contribution < 1.29 is 4.79 Å². The highest BCUT2D eigenvalue weighted by Gasteiger charge is 2.17. The molecule has 2 rings (SSSR count). The fourth-order valence-corrected chi connectivity index (χ4v) is 2.67. The number of benzene rings is 1. The summed E-state index contributed by atoms with van der Waals surface area (Å²) in [6, 6.07) is 13.3. The lowest BCUT2D eigenvalue weighted by Gasteiger charge is -2.20. The highest BCUT2D eigenvalue weighted by molar-refractivity contribution is 7.14. The Kier molecular flexibility index (Phi) is 4.94. The van der Waals surface area contributed by atoms with Crippen LogP contribution in [0, 0.1) is 11.8 Å². The normalized spacial score (nSPS) is 9.70. The number of carbonyl (C=O) groups is 1. The second-order valence-electron chi connectivity index (χ2n) is 4.05. The lowest BCUT2D eigenvalue weighted by molar-refractivity contribution is 0.0992. The number of nitrogens with two attached hydrogens (primary N) is 1. The van der Waals surface area contributed by atoms with Crippen LogP contribution in [0.3, 0.4) is 0 Å². The highest BCUT2D eigenvalue weighted by Crippen LogP contribution is 2.21. The van der Waals surface area contributed by atoms with Gasteiger partial charge in [-0.05, 0) is 31.2 Å². The minimum absolute atomic E-state index is 0.00417. The zero-order valence-electron chi connectivity index (χ0n) is 11.3. The van der Waals surface area contributed by atoms with E-state index >= 15 is 0 Å². The fraction of sp³-hybridized carbons (Fsp3) is 0.188. The van der Waals surface area contributed by atoms with Gasteiger partial charge >= 0.3 is 0 Å². The van der Waals surface area contributed by atoms with Gasteiger partial charge in [-0.15, -0.1) is 11.3 Å². The Hall–Kier alpha value is -2.09. The Bertz CT molecular complexity index is 637. The molecule has 0 aliphatic heterocycles. The number of thiophene rings is 1. The first-order valence-corrected chi connectivity index (χ1v) is 7.23. The van der Waals surface area contributed by atoms with Gasteiger partial charge in [0.25, 0.3) is 5.91 Å². The van der Waals surface area contributed by atoms with Crippen molar-refractivity contribution in [3.8, 4) is 11.8 Å². The Morgan fingerprint density at radius 1 is 1.25 bits per heavy atom. The fourth-order valence-electron chi connectivity index (χ4n) is 1.84. The van der Waals surface area contributed by atoms with Gasteiger partial charge in [0.15, 0.2) is 0 Å². The molecule has 1 heterocycles. The van der Waals surface area contributed by atoms with Gasteiger partial charge in [-0.2, -0.15) is 0 Å². The molecule has 1 amide bonds. The van der Waals surface area contributed by atoms with Crippen LogP contribution in [0.15, 0.2) is 42.5 Å². The lowest BCUT2D eigenvalue weighted by atomic mass is 10.2. The Morgan fingerprint density at radius 3 is 2.65 bits per heavy atom. The van der Waals surface area contributed by atoms with Crippen molar-refractivity contribution in [2.24, 2.45) is 5.73 Å². The quantitative estimate of drug-likeness (QED) is 0.881. The predicted molar refractivity (Wildman–Crippen MR) is 84.0 cm³/mol. The molecule has 2 aromatic rings. The van der Waals surface area contributed by atoms with Crippen LogP contribution in [0.1, 0.15) is 21.5 Å². The average Bonchev–Trinajstić information content (AvgIpc) is 2.96. The van der Waals surface area contributed by atoms with Gasteiger partial charge in [-0.25, -0.2) is 0 Å². The SMILES string of the molecule is CCN(C(=O)c1ccc(C#CCN)s1)c1ccccc1. The summed E-state index contributed by atoms with van der Waals surface area (Å²) in [7, 11) is 0. The maximum atomic E-state index is 12.5. The van der Waals surface area contributed by atoms with Crippen molar-refractivity contribution in [2.45, 2.75) is 6.92 Å². The van der Waals surface area contributed by atoms with Crippen LogP contribution in [0.25, 0.3) is 0 Å². The first-order valence-electron chi connectivity index (χ1n) is 6.42. The maximum absolute atomic E-state index is 12.5. The van der Waals surface area contributed by atoms with Gasteiger partial charge in [0.1, 0.15) is 0 Å². The first kappa shape index (κ1) is 14.3. The first-order chi connectivity index (χ1) is 9.76. The minimum atomic E-state index is 0.00417. The minimum Gasteiger partial charge on any atom is -0.320 e. The summed E-state index contributed by atoms with van der Waals surface area (Å²) in [4.78, 5) is 15.8. The predicted octanol–water partition coefficient (Wildman–Crippen LogP) is 2.73. The van der Waals surface area contributed by atoms with Crippen molar-refractivity contribution in [1.82, 2.24) is 0 Å². The summed E-state index contributed by atoms with van der Waals surface area (Å²) in [5.41, 5.74) is 6.25. The van der Waals surface area contributed by atoms with Crippen molar-refractivity contribution in [1.29, 1.82) is 0 Å². The number of para-hydroxylation sites is 1. The second kappa shape index (κ2) is 6.90. The molecule has 1 aromatic heterocycles. The van der Waals surface area contributed by atoms with Gasteiger partial charge < -0.3 is 10.6 Å². The summed E-state index contributed by atoms with van der Waals surface area (Å²) in [5, 5.41) is 0. The van der Waals surface area contributed by atoms with Crippen molar-refractivity contribution in [3.63, 3.8) is 0 Å². The largest absolute Gasteiger partial charge is 0.320 e. The molecule has 20 heavy (non-hydrogen) atoms. The van der Waals surface area contributed by atoms with E-state index in [9.17, 15) is 4.79 Å². The summed E-state index contributed by atoms with van der Waals surface area (Å²) < 4.78 is 0. The molecule has 2 N–H and O–H groups in total. The summed E-state index contributed by atoms with van der Waals surface area (Å²) in [6.07, 6.45) is 0. The van der Waals surface area contributed by atoms with Crippen LogP contribution in [-0.4, -0.2) is 19.0 Å². The topological polar surface area (TPSA) is 46.3 Å². The molecule has 0 unspecified atom stereocenters. The molecule has 0 bridgehead atoms. The molecule has 0 fully saturated rings. The molecule has 0 aliphatic carbocycles. The summed E-state index contributed by atoms with van der Waals surface area (Å²) in [5.74, 6) is 5.75. The third kappa shape index (κ3) is 3.27. The summed E-state index contributed by atoms with van der Waals surface area (Å²) in [6.45, 7) is 2.92. The van der Waals surface area contributed by atoms with Gasteiger partial charge in [0.05, 0.1) is 16.3 Å². The number of hydrogen-bond acceptors (Lipinski definition) is 3. The molecule has 0 saturated carbocycles. The van der Waals surface area contributed by atoms with Crippen molar-refractivity contribution >= 4 is 22.9 Å². The van der Waals surface area contributed by atoms with Gasteiger partial charge in [0, 0.05) is 12.2 Å². The van der Waals surface area contributed by atoms with Gasteiger partial charge in [-0.1, -0.05) is 30.0 Å². The Morgan fingerprint density at radius 2 is 2.00 bits per heavy atom. The molecule has 0 radical (unpaired) electrons. The Balaban J connectivity index is 2.23. The number of nitrogens with zero attached hydrogens (tertiary/aromatic N) is 1. The molecule has 4 heteroatoms.